The summed E-state index contributed by atoms with van der Waals surface area (Å²) in [6, 6.07) is 14.2. The molecule has 0 spiro atoms. The highest BCUT2D eigenvalue weighted by Gasteiger charge is 2.21. The van der Waals surface area contributed by atoms with Gasteiger partial charge in [0.2, 0.25) is 5.91 Å². The predicted octanol–water partition coefficient (Wildman–Crippen LogP) is 1.97. The molecule has 2 aromatic rings. The molecule has 0 aromatic heterocycles. The fourth-order valence-electron chi connectivity index (χ4n) is 2.13. The van der Waals surface area contributed by atoms with Crippen molar-refractivity contribution in [3.05, 3.63) is 69.8 Å². The minimum Gasteiger partial charge on any atom is -0.368 e. The van der Waals surface area contributed by atoms with Crippen LogP contribution in [0.25, 0.3) is 0 Å². The van der Waals surface area contributed by atoms with Crippen molar-refractivity contribution in [1.82, 2.24) is 0 Å². The van der Waals surface area contributed by atoms with Crippen molar-refractivity contribution >= 4 is 17.3 Å². The largest absolute Gasteiger partial charge is 0.368 e. The van der Waals surface area contributed by atoms with Gasteiger partial charge in [0.15, 0.2) is 0 Å². The maximum absolute atomic E-state index is 11.6. The molecule has 0 bridgehead atoms. The van der Waals surface area contributed by atoms with Crippen LogP contribution in [0.5, 0.6) is 0 Å². The number of nitriles is 1. The van der Waals surface area contributed by atoms with Gasteiger partial charge in [0.25, 0.3) is 5.69 Å². The zero-order valence-corrected chi connectivity index (χ0v) is 12.1. The molecule has 0 aliphatic carbocycles. The van der Waals surface area contributed by atoms with E-state index in [0.717, 1.165) is 11.6 Å². The number of nitrogens with zero attached hydrogens (tertiary/aromatic N) is 2. The van der Waals surface area contributed by atoms with Crippen LogP contribution < -0.4 is 11.1 Å². The van der Waals surface area contributed by atoms with E-state index in [4.69, 9.17) is 11.0 Å². The average Bonchev–Trinajstić information content (AvgIpc) is 2.55. The molecule has 0 heterocycles. The number of hydrogen-bond acceptors (Lipinski definition) is 5. The number of anilines is 1. The molecule has 23 heavy (non-hydrogen) atoms. The number of nitrogens with two attached hydrogens (primary N) is 1. The van der Waals surface area contributed by atoms with Crippen LogP contribution in [0.3, 0.4) is 0 Å². The number of carbonyl (C=O) groups excluding carboxylic acids is 1. The van der Waals surface area contributed by atoms with Crippen LogP contribution in [0.1, 0.15) is 11.1 Å². The lowest BCUT2D eigenvalue weighted by molar-refractivity contribution is -0.384. The standard InChI is InChI=1S/C16H14N4O3/c17-10-12-6-7-13(15(9-12)20(22)23)19-14(16(18)21)8-11-4-2-1-3-5-11/h1-7,9,14,19H,8H2,(H2,18,21)/t14-/m1/s1. The number of benzene rings is 2. The number of nitro benzene ring substituents is 1. The molecule has 0 aliphatic rings. The van der Waals surface area contributed by atoms with Gasteiger partial charge in [-0.05, 0) is 17.7 Å². The smallest absolute Gasteiger partial charge is 0.293 e. The Kier molecular flexibility index (Phi) is 4.89. The molecule has 0 radical (unpaired) electrons. The van der Waals surface area contributed by atoms with Gasteiger partial charge in [0.1, 0.15) is 11.7 Å². The third kappa shape index (κ3) is 4.04. The Morgan fingerprint density at radius 2 is 2.00 bits per heavy atom. The second-order valence-corrected chi connectivity index (χ2v) is 4.89. The van der Waals surface area contributed by atoms with E-state index < -0.39 is 16.9 Å². The Morgan fingerprint density at radius 1 is 1.30 bits per heavy atom. The lowest BCUT2D eigenvalue weighted by atomic mass is 10.0. The van der Waals surface area contributed by atoms with E-state index in [0.29, 0.717) is 6.42 Å². The van der Waals surface area contributed by atoms with E-state index in [9.17, 15) is 14.9 Å². The number of nitrogens with one attached hydrogen (secondary N) is 1. The molecule has 0 fully saturated rings. The van der Waals surface area contributed by atoms with Crippen LogP contribution >= 0.6 is 0 Å². The van der Waals surface area contributed by atoms with Gasteiger partial charge in [0.05, 0.1) is 16.6 Å². The zero-order valence-electron chi connectivity index (χ0n) is 12.1. The van der Waals surface area contributed by atoms with Gasteiger partial charge in [-0.3, -0.25) is 14.9 Å². The van der Waals surface area contributed by atoms with E-state index in [1.165, 1.54) is 12.1 Å². The van der Waals surface area contributed by atoms with E-state index in [2.05, 4.69) is 5.32 Å². The van der Waals surface area contributed by atoms with Gasteiger partial charge in [-0.25, -0.2) is 0 Å². The Bertz CT molecular complexity index is 769. The van der Waals surface area contributed by atoms with Crippen molar-refractivity contribution in [2.24, 2.45) is 5.73 Å². The molecule has 0 aliphatic heterocycles. The molecule has 116 valence electrons. The first-order chi connectivity index (χ1) is 11.0. The number of amides is 1. The quantitative estimate of drug-likeness (QED) is 0.624. The number of hydrogen-bond donors (Lipinski definition) is 2. The molecule has 3 N–H and O–H groups in total. The highest BCUT2D eigenvalue weighted by molar-refractivity contribution is 5.84. The second kappa shape index (κ2) is 7.04. The van der Waals surface area contributed by atoms with Gasteiger partial charge >= 0.3 is 0 Å². The number of primary amides is 1. The van der Waals surface area contributed by atoms with E-state index in [-0.39, 0.29) is 16.9 Å². The normalized spacial score (nSPS) is 11.3. The lowest BCUT2D eigenvalue weighted by Crippen LogP contribution is -2.37. The van der Waals surface area contributed by atoms with Crippen LogP contribution in [0.2, 0.25) is 0 Å². The van der Waals surface area contributed by atoms with E-state index in [1.54, 1.807) is 0 Å². The van der Waals surface area contributed by atoms with Crippen molar-refractivity contribution < 1.29 is 9.72 Å². The third-order valence-corrected chi connectivity index (χ3v) is 3.28. The molecule has 0 unspecified atom stereocenters. The summed E-state index contributed by atoms with van der Waals surface area (Å²) in [5.41, 5.74) is 6.31. The molecule has 7 heteroatoms. The maximum Gasteiger partial charge on any atom is 0.293 e. The van der Waals surface area contributed by atoms with Gasteiger partial charge in [-0.2, -0.15) is 5.26 Å². The molecular weight excluding hydrogens is 296 g/mol. The predicted molar refractivity (Wildman–Crippen MR) is 84.6 cm³/mol. The summed E-state index contributed by atoms with van der Waals surface area (Å²) in [7, 11) is 0. The Morgan fingerprint density at radius 3 is 2.57 bits per heavy atom. The lowest BCUT2D eigenvalue weighted by Gasteiger charge is -2.17. The van der Waals surface area contributed by atoms with Crippen molar-refractivity contribution in [1.29, 1.82) is 5.26 Å². The van der Waals surface area contributed by atoms with Crippen LogP contribution in [0, 0.1) is 21.4 Å². The van der Waals surface area contributed by atoms with Gasteiger partial charge < -0.3 is 11.1 Å². The van der Waals surface area contributed by atoms with Crippen molar-refractivity contribution in [2.45, 2.75) is 12.5 Å². The first-order valence-corrected chi connectivity index (χ1v) is 6.79. The molecule has 1 amide bonds. The highest BCUT2D eigenvalue weighted by atomic mass is 16.6. The summed E-state index contributed by atoms with van der Waals surface area (Å²) in [5, 5.41) is 22.8. The fourth-order valence-corrected chi connectivity index (χ4v) is 2.13. The summed E-state index contributed by atoms with van der Waals surface area (Å²) in [4.78, 5) is 22.2. The monoisotopic (exact) mass is 310 g/mol. The SMILES string of the molecule is N#Cc1ccc(N[C@H](Cc2ccccc2)C(N)=O)c([N+](=O)[O-])c1. The van der Waals surface area contributed by atoms with Crippen LogP contribution in [-0.4, -0.2) is 16.9 Å². The molecule has 0 saturated carbocycles. The topological polar surface area (TPSA) is 122 Å². The summed E-state index contributed by atoms with van der Waals surface area (Å²) >= 11 is 0. The second-order valence-electron chi connectivity index (χ2n) is 4.89. The molecule has 7 nitrogen and oxygen atoms in total. The fraction of sp³-hybridized carbons (Fsp3) is 0.125. The number of carbonyl (C=O) groups is 1. The van der Waals surface area contributed by atoms with Gasteiger partial charge in [-0.15, -0.1) is 0 Å². The third-order valence-electron chi connectivity index (χ3n) is 3.28. The first kappa shape index (κ1) is 16.0. The Labute approximate surface area is 132 Å². The molecule has 1 atom stereocenters. The summed E-state index contributed by atoms with van der Waals surface area (Å²) in [6.07, 6.45) is 0.299. The molecule has 2 aromatic carbocycles. The number of nitro groups is 1. The van der Waals surface area contributed by atoms with Crippen LogP contribution in [0.15, 0.2) is 48.5 Å². The summed E-state index contributed by atoms with van der Waals surface area (Å²) in [5.74, 6) is -0.618. The number of rotatable bonds is 6. The van der Waals surface area contributed by atoms with Gasteiger partial charge in [-0.1, -0.05) is 30.3 Å². The molecular formula is C16H14N4O3. The van der Waals surface area contributed by atoms with Crippen molar-refractivity contribution in [3.8, 4) is 6.07 Å². The summed E-state index contributed by atoms with van der Waals surface area (Å²) in [6.45, 7) is 0. The summed E-state index contributed by atoms with van der Waals surface area (Å²) < 4.78 is 0. The van der Waals surface area contributed by atoms with Gasteiger partial charge in [0, 0.05) is 12.5 Å². The maximum atomic E-state index is 11.6. The van der Waals surface area contributed by atoms with E-state index in [1.807, 2.05) is 36.4 Å². The van der Waals surface area contributed by atoms with Crippen LogP contribution in [-0.2, 0) is 11.2 Å². The van der Waals surface area contributed by atoms with E-state index >= 15 is 0 Å². The zero-order chi connectivity index (χ0) is 16.8. The van der Waals surface area contributed by atoms with Crippen molar-refractivity contribution in [2.75, 3.05) is 5.32 Å². The van der Waals surface area contributed by atoms with Crippen molar-refractivity contribution in [3.63, 3.8) is 0 Å². The molecule has 0 saturated heterocycles. The Hall–Kier alpha value is -3.40. The molecule has 2 rings (SSSR count). The minimum absolute atomic E-state index is 0.147. The Balaban J connectivity index is 2.28. The average molecular weight is 310 g/mol. The highest BCUT2D eigenvalue weighted by Crippen LogP contribution is 2.26. The minimum atomic E-state index is -0.802. The first-order valence-electron chi connectivity index (χ1n) is 6.79. The van der Waals surface area contributed by atoms with Crippen LogP contribution in [0.4, 0.5) is 11.4 Å².